The number of carbonyl (C=O) groups is 2. The van der Waals surface area contributed by atoms with Gasteiger partial charge in [-0.3, -0.25) is 9.59 Å². The number of nitrogens with zero attached hydrogens (tertiary/aromatic N) is 1. The number of ketones is 1. The Morgan fingerprint density at radius 2 is 1.84 bits per heavy atom. The van der Waals surface area contributed by atoms with Crippen LogP contribution in [-0.2, 0) is 15.2 Å². The summed E-state index contributed by atoms with van der Waals surface area (Å²) in [7, 11) is 0. The average Bonchev–Trinajstić information content (AvgIpc) is 2.78. The molecule has 0 aromatic heterocycles. The Morgan fingerprint density at radius 3 is 2.56 bits per heavy atom. The van der Waals surface area contributed by atoms with E-state index in [2.05, 4.69) is 0 Å². The van der Waals surface area contributed by atoms with Crippen LogP contribution >= 0.6 is 0 Å². The number of fused-ring (bicyclic) bond motifs is 1. The van der Waals surface area contributed by atoms with Gasteiger partial charge in [0.15, 0.2) is 5.60 Å². The van der Waals surface area contributed by atoms with Crippen LogP contribution in [0.2, 0.25) is 0 Å². The molecule has 0 saturated heterocycles. The normalized spacial score (nSPS) is 19.0. The summed E-state index contributed by atoms with van der Waals surface area (Å²) in [6, 6.07) is 14.7. The predicted molar refractivity (Wildman–Crippen MR) is 94.7 cm³/mol. The molecule has 5 heteroatoms. The number of hydrogen-bond acceptors (Lipinski definition) is 4. The number of carbonyl (C=O) groups excluding carboxylic acids is 2. The fourth-order valence-corrected chi connectivity index (χ4v) is 3.22. The number of anilines is 1. The largest absolute Gasteiger partial charge is 0.491 e. The van der Waals surface area contributed by atoms with Gasteiger partial charge in [-0.05, 0) is 31.5 Å². The lowest BCUT2D eigenvalue weighted by Gasteiger charge is -2.22. The lowest BCUT2D eigenvalue weighted by molar-refractivity contribution is -0.141. The topological polar surface area (TPSA) is 66.8 Å². The minimum absolute atomic E-state index is 0.224. The molecule has 25 heavy (non-hydrogen) atoms. The van der Waals surface area contributed by atoms with Gasteiger partial charge in [-0.1, -0.05) is 36.4 Å². The molecule has 0 fully saturated rings. The summed E-state index contributed by atoms with van der Waals surface area (Å²) >= 11 is 0. The second kappa shape index (κ2) is 6.69. The lowest BCUT2D eigenvalue weighted by atomic mass is 9.90. The Balaban J connectivity index is 1.79. The molecular weight excluding hydrogens is 318 g/mol. The van der Waals surface area contributed by atoms with E-state index in [1.165, 1.54) is 11.8 Å². The van der Waals surface area contributed by atoms with Crippen molar-refractivity contribution in [1.82, 2.24) is 0 Å². The van der Waals surface area contributed by atoms with E-state index in [1.54, 1.807) is 24.3 Å². The van der Waals surface area contributed by atoms with Crippen LogP contribution in [0.5, 0.6) is 5.75 Å². The molecule has 1 amide bonds. The summed E-state index contributed by atoms with van der Waals surface area (Å²) in [6.45, 7) is 3.92. The van der Waals surface area contributed by atoms with Crippen molar-refractivity contribution >= 4 is 17.4 Å². The van der Waals surface area contributed by atoms with E-state index in [0.717, 1.165) is 11.3 Å². The fraction of sp³-hybridized carbons (Fsp3) is 0.300. The number of ether oxygens (including phenoxy) is 1. The third kappa shape index (κ3) is 3.15. The van der Waals surface area contributed by atoms with Gasteiger partial charge in [0, 0.05) is 12.0 Å². The first-order chi connectivity index (χ1) is 11.9. The molecule has 1 aliphatic heterocycles. The van der Waals surface area contributed by atoms with Crippen LogP contribution in [0.25, 0.3) is 0 Å². The summed E-state index contributed by atoms with van der Waals surface area (Å²) < 4.78 is 5.77. The third-order valence-electron chi connectivity index (χ3n) is 4.41. The van der Waals surface area contributed by atoms with Crippen LogP contribution in [0.15, 0.2) is 48.5 Å². The van der Waals surface area contributed by atoms with Crippen LogP contribution in [0.4, 0.5) is 5.69 Å². The van der Waals surface area contributed by atoms with E-state index in [-0.39, 0.29) is 12.2 Å². The number of para-hydroxylation sites is 2. The Bertz CT molecular complexity index is 817. The van der Waals surface area contributed by atoms with Crippen LogP contribution in [-0.4, -0.2) is 29.9 Å². The quantitative estimate of drug-likeness (QED) is 0.878. The first kappa shape index (κ1) is 17.2. The molecule has 1 heterocycles. The van der Waals surface area contributed by atoms with Crippen molar-refractivity contribution in [2.75, 3.05) is 18.1 Å². The number of Topliss-reactive ketones (excluding diaryl/α,β-unsaturated/α-hetero) is 1. The fourth-order valence-electron chi connectivity index (χ4n) is 3.22. The molecule has 5 nitrogen and oxygen atoms in total. The maximum Gasteiger partial charge on any atom is 0.264 e. The third-order valence-corrected chi connectivity index (χ3v) is 4.41. The monoisotopic (exact) mass is 339 g/mol. The summed E-state index contributed by atoms with van der Waals surface area (Å²) in [4.78, 5) is 25.8. The molecule has 1 aliphatic rings. The molecule has 130 valence electrons. The molecule has 1 atom stereocenters. The molecular formula is C20H21NO4. The van der Waals surface area contributed by atoms with Gasteiger partial charge < -0.3 is 14.7 Å². The van der Waals surface area contributed by atoms with Crippen molar-refractivity contribution in [2.45, 2.75) is 25.9 Å². The number of aryl methyl sites for hydroxylation is 1. The van der Waals surface area contributed by atoms with Crippen LogP contribution in [0, 0.1) is 6.92 Å². The molecule has 0 spiro atoms. The highest BCUT2D eigenvalue weighted by Gasteiger charge is 2.50. The second-order valence-corrected chi connectivity index (χ2v) is 6.33. The van der Waals surface area contributed by atoms with Crippen molar-refractivity contribution in [3.8, 4) is 5.75 Å². The number of benzene rings is 2. The second-order valence-electron chi connectivity index (χ2n) is 6.33. The summed E-state index contributed by atoms with van der Waals surface area (Å²) in [5.74, 6) is 0.0578. The Hall–Kier alpha value is -2.66. The van der Waals surface area contributed by atoms with E-state index >= 15 is 0 Å². The Labute approximate surface area is 146 Å². The minimum atomic E-state index is -1.79. The van der Waals surface area contributed by atoms with Gasteiger partial charge in [0.2, 0.25) is 0 Å². The number of hydrogen-bond donors (Lipinski definition) is 1. The summed E-state index contributed by atoms with van der Waals surface area (Å²) in [5, 5.41) is 10.9. The van der Waals surface area contributed by atoms with E-state index in [9.17, 15) is 14.7 Å². The first-order valence-electron chi connectivity index (χ1n) is 8.25. The number of aliphatic hydroxyl groups is 1. The molecule has 0 aliphatic carbocycles. The van der Waals surface area contributed by atoms with E-state index in [0.29, 0.717) is 24.4 Å². The van der Waals surface area contributed by atoms with Gasteiger partial charge >= 0.3 is 0 Å². The van der Waals surface area contributed by atoms with Crippen LogP contribution in [0.1, 0.15) is 24.5 Å². The van der Waals surface area contributed by atoms with E-state index in [4.69, 9.17) is 4.74 Å². The molecule has 1 N–H and O–H groups in total. The molecule has 1 unspecified atom stereocenters. The van der Waals surface area contributed by atoms with Crippen molar-refractivity contribution in [1.29, 1.82) is 0 Å². The molecule has 0 radical (unpaired) electrons. The average molecular weight is 339 g/mol. The highest BCUT2D eigenvalue weighted by molar-refractivity contribution is 6.08. The summed E-state index contributed by atoms with van der Waals surface area (Å²) in [6.07, 6.45) is -0.224. The molecule has 2 aromatic rings. The maximum atomic E-state index is 12.8. The number of amides is 1. The van der Waals surface area contributed by atoms with Crippen molar-refractivity contribution in [2.24, 2.45) is 0 Å². The Morgan fingerprint density at radius 1 is 1.16 bits per heavy atom. The minimum Gasteiger partial charge on any atom is -0.491 e. The van der Waals surface area contributed by atoms with Crippen LogP contribution < -0.4 is 9.64 Å². The van der Waals surface area contributed by atoms with Crippen molar-refractivity contribution < 1.29 is 19.4 Å². The summed E-state index contributed by atoms with van der Waals surface area (Å²) in [5.41, 5.74) is 0.338. The highest BCUT2D eigenvalue weighted by Crippen LogP contribution is 2.42. The van der Waals surface area contributed by atoms with Gasteiger partial charge in [0.25, 0.3) is 5.91 Å². The number of rotatable bonds is 6. The van der Waals surface area contributed by atoms with E-state index < -0.39 is 11.5 Å². The Kier molecular flexibility index (Phi) is 4.59. The van der Waals surface area contributed by atoms with Gasteiger partial charge in [0.05, 0.1) is 12.2 Å². The molecule has 0 bridgehead atoms. The lowest BCUT2D eigenvalue weighted by Crippen LogP contribution is -2.43. The maximum absolute atomic E-state index is 12.8. The van der Waals surface area contributed by atoms with Gasteiger partial charge in [-0.2, -0.15) is 0 Å². The smallest absolute Gasteiger partial charge is 0.264 e. The first-order valence-corrected chi connectivity index (χ1v) is 8.25. The molecule has 3 rings (SSSR count). The van der Waals surface area contributed by atoms with Crippen molar-refractivity contribution in [3.63, 3.8) is 0 Å². The van der Waals surface area contributed by atoms with Gasteiger partial charge in [-0.25, -0.2) is 0 Å². The standard InChI is InChI=1S/C20H21NO4/c1-14-7-3-6-10-18(14)25-12-11-21-17-9-5-4-8-16(17)20(24,19(21)23)13-15(2)22/h3-10,24H,11-13H2,1-2H3. The highest BCUT2D eigenvalue weighted by atomic mass is 16.5. The van der Waals surface area contributed by atoms with E-state index in [1.807, 2.05) is 31.2 Å². The zero-order chi connectivity index (χ0) is 18.0. The van der Waals surface area contributed by atoms with Crippen LogP contribution in [0.3, 0.4) is 0 Å². The molecule has 0 saturated carbocycles. The SMILES string of the molecule is CC(=O)CC1(O)C(=O)N(CCOc2ccccc2C)c2ccccc21. The van der Waals surface area contributed by atoms with Gasteiger partial charge in [-0.15, -0.1) is 0 Å². The predicted octanol–water partition coefficient (Wildman–Crippen LogP) is 2.59. The zero-order valence-electron chi connectivity index (χ0n) is 14.4. The molecule has 2 aromatic carbocycles. The zero-order valence-corrected chi connectivity index (χ0v) is 14.4. The van der Waals surface area contributed by atoms with Crippen molar-refractivity contribution in [3.05, 3.63) is 59.7 Å². The van der Waals surface area contributed by atoms with Gasteiger partial charge in [0.1, 0.15) is 18.1 Å².